The molecule has 1 aromatic rings. The Labute approximate surface area is 118 Å². The average Bonchev–Trinajstić information content (AvgIpc) is 2.45. The lowest BCUT2D eigenvalue weighted by atomic mass is 10.2. The molecular formula is C14H20N2O4. The van der Waals surface area contributed by atoms with Crippen LogP contribution in [-0.4, -0.2) is 37.3 Å². The Morgan fingerprint density at radius 3 is 2.70 bits per heavy atom. The molecule has 0 spiro atoms. The van der Waals surface area contributed by atoms with Gasteiger partial charge in [0.2, 0.25) is 0 Å². The van der Waals surface area contributed by atoms with Crippen molar-refractivity contribution in [2.45, 2.75) is 25.8 Å². The van der Waals surface area contributed by atoms with Crippen molar-refractivity contribution in [3.05, 3.63) is 24.3 Å². The number of anilines is 1. The molecule has 0 saturated carbocycles. The third-order valence-corrected chi connectivity index (χ3v) is 2.92. The van der Waals surface area contributed by atoms with Gasteiger partial charge in [0.25, 0.3) is 0 Å². The second-order valence-electron chi connectivity index (χ2n) is 4.39. The standard InChI is InChI=1S/C14H20N2O4/c1-4-6-12(13(17)18)15-14(19)16(2)10-7-5-8-11(9-10)20-3/h5,7-9,12H,4,6H2,1-3H3,(H,15,19)(H,17,18)/t12-/m0/s1. The van der Waals surface area contributed by atoms with Crippen molar-refractivity contribution >= 4 is 17.7 Å². The predicted octanol–water partition coefficient (Wildman–Crippen LogP) is 2.09. The summed E-state index contributed by atoms with van der Waals surface area (Å²) in [6.07, 6.45) is 1.08. The van der Waals surface area contributed by atoms with Gasteiger partial charge in [0, 0.05) is 18.8 Å². The van der Waals surface area contributed by atoms with Gasteiger partial charge >= 0.3 is 12.0 Å². The molecule has 0 aromatic heterocycles. The molecule has 2 N–H and O–H groups in total. The summed E-state index contributed by atoms with van der Waals surface area (Å²) in [6.45, 7) is 1.87. The zero-order chi connectivity index (χ0) is 15.1. The Kier molecular flexibility index (Phi) is 5.83. The van der Waals surface area contributed by atoms with Crippen molar-refractivity contribution in [2.75, 3.05) is 19.1 Å². The van der Waals surface area contributed by atoms with E-state index in [2.05, 4.69) is 5.32 Å². The molecule has 0 aliphatic heterocycles. The summed E-state index contributed by atoms with van der Waals surface area (Å²) in [7, 11) is 3.12. The number of nitrogens with one attached hydrogen (secondary N) is 1. The first-order valence-corrected chi connectivity index (χ1v) is 6.40. The lowest BCUT2D eigenvalue weighted by Gasteiger charge is -2.21. The maximum atomic E-state index is 12.0. The van der Waals surface area contributed by atoms with Gasteiger partial charge < -0.3 is 15.2 Å². The van der Waals surface area contributed by atoms with Gasteiger partial charge in [-0.2, -0.15) is 0 Å². The van der Waals surface area contributed by atoms with Crippen LogP contribution in [0.5, 0.6) is 5.75 Å². The zero-order valence-electron chi connectivity index (χ0n) is 11.9. The highest BCUT2D eigenvalue weighted by molar-refractivity contribution is 5.94. The van der Waals surface area contributed by atoms with E-state index in [0.717, 1.165) is 0 Å². The van der Waals surface area contributed by atoms with E-state index in [-0.39, 0.29) is 0 Å². The molecule has 1 aromatic carbocycles. The molecule has 110 valence electrons. The molecule has 1 atom stereocenters. The van der Waals surface area contributed by atoms with Gasteiger partial charge in [-0.15, -0.1) is 0 Å². The number of ether oxygens (including phenoxy) is 1. The third kappa shape index (κ3) is 4.15. The van der Waals surface area contributed by atoms with Crippen LogP contribution in [0.2, 0.25) is 0 Å². The second-order valence-corrected chi connectivity index (χ2v) is 4.39. The number of urea groups is 1. The first kappa shape index (κ1) is 15.8. The van der Waals surface area contributed by atoms with Crippen LogP contribution in [0.1, 0.15) is 19.8 Å². The Morgan fingerprint density at radius 1 is 1.45 bits per heavy atom. The van der Waals surface area contributed by atoms with Crippen LogP contribution in [0.4, 0.5) is 10.5 Å². The Morgan fingerprint density at radius 2 is 2.15 bits per heavy atom. The van der Waals surface area contributed by atoms with Gasteiger partial charge in [-0.3, -0.25) is 4.90 Å². The maximum Gasteiger partial charge on any atom is 0.326 e. The van der Waals surface area contributed by atoms with Crippen molar-refractivity contribution in [3.63, 3.8) is 0 Å². The number of carbonyl (C=O) groups excluding carboxylic acids is 1. The average molecular weight is 280 g/mol. The van der Waals surface area contributed by atoms with Gasteiger partial charge in [0.15, 0.2) is 0 Å². The number of aliphatic carboxylic acids is 1. The molecule has 6 nitrogen and oxygen atoms in total. The summed E-state index contributed by atoms with van der Waals surface area (Å²) in [4.78, 5) is 24.4. The fourth-order valence-corrected chi connectivity index (χ4v) is 1.73. The minimum absolute atomic E-state index is 0.396. The molecule has 1 rings (SSSR count). The predicted molar refractivity (Wildman–Crippen MR) is 76.3 cm³/mol. The molecule has 0 bridgehead atoms. The third-order valence-electron chi connectivity index (χ3n) is 2.92. The van der Waals surface area contributed by atoms with Crippen molar-refractivity contribution in [1.29, 1.82) is 0 Å². The first-order valence-electron chi connectivity index (χ1n) is 6.40. The van der Waals surface area contributed by atoms with Gasteiger partial charge in [0.05, 0.1) is 7.11 Å². The van der Waals surface area contributed by atoms with E-state index >= 15 is 0 Å². The summed E-state index contributed by atoms with van der Waals surface area (Å²) < 4.78 is 5.09. The van der Waals surface area contributed by atoms with Gasteiger partial charge in [-0.1, -0.05) is 19.4 Å². The summed E-state index contributed by atoms with van der Waals surface area (Å²) in [5, 5.41) is 11.5. The lowest BCUT2D eigenvalue weighted by molar-refractivity contribution is -0.139. The van der Waals surface area contributed by atoms with Crippen molar-refractivity contribution in [3.8, 4) is 5.75 Å². The minimum atomic E-state index is -1.03. The number of carboxylic acids is 1. The summed E-state index contributed by atoms with van der Waals surface area (Å²) in [5.41, 5.74) is 0.627. The smallest absolute Gasteiger partial charge is 0.326 e. The highest BCUT2D eigenvalue weighted by Gasteiger charge is 2.21. The Hall–Kier alpha value is -2.24. The number of methoxy groups -OCH3 is 1. The van der Waals surface area contributed by atoms with E-state index in [4.69, 9.17) is 9.84 Å². The minimum Gasteiger partial charge on any atom is -0.497 e. The highest BCUT2D eigenvalue weighted by atomic mass is 16.5. The fraction of sp³-hybridized carbons (Fsp3) is 0.429. The van der Waals surface area contributed by atoms with E-state index in [1.807, 2.05) is 6.92 Å². The molecular weight excluding hydrogens is 260 g/mol. The Bertz CT molecular complexity index is 476. The van der Waals surface area contributed by atoms with Crippen LogP contribution >= 0.6 is 0 Å². The number of amides is 2. The Balaban J connectivity index is 2.77. The molecule has 0 radical (unpaired) electrons. The van der Waals surface area contributed by atoms with Gasteiger partial charge in [0.1, 0.15) is 11.8 Å². The highest BCUT2D eigenvalue weighted by Crippen LogP contribution is 2.19. The molecule has 0 heterocycles. The number of carbonyl (C=O) groups is 2. The number of hydrogen-bond acceptors (Lipinski definition) is 3. The van der Waals surface area contributed by atoms with E-state index in [1.54, 1.807) is 38.4 Å². The molecule has 0 fully saturated rings. The van der Waals surface area contributed by atoms with Crippen molar-refractivity contribution in [2.24, 2.45) is 0 Å². The molecule has 0 aliphatic carbocycles. The largest absolute Gasteiger partial charge is 0.497 e. The van der Waals surface area contributed by atoms with E-state index < -0.39 is 18.0 Å². The van der Waals surface area contributed by atoms with E-state index in [0.29, 0.717) is 24.3 Å². The fourth-order valence-electron chi connectivity index (χ4n) is 1.73. The quantitative estimate of drug-likeness (QED) is 0.836. The molecule has 0 saturated heterocycles. The normalized spacial score (nSPS) is 11.6. The second kappa shape index (κ2) is 7.37. The van der Waals surface area contributed by atoms with Crippen LogP contribution in [0.25, 0.3) is 0 Å². The topological polar surface area (TPSA) is 78.9 Å². The van der Waals surface area contributed by atoms with E-state index in [9.17, 15) is 9.59 Å². The number of rotatable bonds is 6. The number of carboxylic acid groups (broad SMARTS) is 1. The summed E-state index contributed by atoms with van der Waals surface area (Å²) in [5.74, 6) is -0.398. The van der Waals surface area contributed by atoms with Crippen LogP contribution in [0, 0.1) is 0 Å². The number of hydrogen-bond donors (Lipinski definition) is 2. The monoisotopic (exact) mass is 280 g/mol. The molecule has 2 amide bonds. The number of benzene rings is 1. The van der Waals surface area contributed by atoms with Crippen molar-refractivity contribution < 1.29 is 19.4 Å². The van der Waals surface area contributed by atoms with Crippen LogP contribution < -0.4 is 15.0 Å². The molecule has 0 aliphatic rings. The summed E-state index contributed by atoms with van der Waals surface area (Å²) in [6, 6.07) is 5.65. The molecule has 6 heteroatoms. The first-order chi connectivity index (χ1) is 9.49. The van der Waals surface area contributed by atoms with Gasteiger partial charge in [-0.25, -0.2) is 9.59 Å². The SMILES string of the molecule is CCC[C@H](NC(=O)N(C)c1cccc(OC)c1)C(=O)O. The number of nitrogens with zero attached hydrogens (tertiary/aromatic N) is 1. The van der Waals surface area contributed by atoms with Crippen molar-refractivity contribution in [1.82, 2.24) is 5.32 Å². The van der Waals surface area contributed by atoms with Crippen LogP contribution in [0.15, 0.2) is 24.3 Å². The maximum absolute atomic E-state index is 12.0. The van der Waals surface area contributed by atoms with Crippen LogP contribution in [0.3, 0.4) is 0 Å². The molecule has 0 unspecified atom stereocenters. The lowest BCUT2D eigenvalue weighted by Crippen LogP contribution is -2.46. The van der Waals surface area contributed by atoms with Crippen LogP contribution in [-0.2, 0) is 4.79 Å². The van der Waals surface area contributed by atoms with Gasteiger partial charge in [-0.05, 0) is 18.6 Å². The molecule has 20 heavy (non-hydrogen) atoms. The zero-order valence-corrected chi connectivity index (χ0v) is 11.9. The summed E-state index contributed by atoms with van der Waals surface area (Å²) >= 11 is 0. The van der Waals surface area contributed by atoms with E-state index in [1.165, 1.54) is 4.90 Å².